The SMILES string of the molecule is COc1cc(OC)c(OC)cc1/C=N/NC(=S)NC1CC(C)CC(C)(C)C1. The van der Waals surface area contributed by atoms with E-state index in [4.69, 9.17) is 26.4 Å². The summed E-state index contributed by atoms with van der Waals surface area (Å²) in [6, 6.07) is 3.95. The third-order valence-corrected chi connectivity index (χ3v) is 5.04. The van der Waals surface area contributed by atoms with Gasteiger partial charge in [0.25, 0.3) is 0 Å². The summed E-state index contributed by atoms with van der Waals surface area (Å²) < 4.78 is 16.0. The Kier molecular flexibility index (Phi) is 7.30. The Labute approximate surface area is 167 Å². The molecule has 0 heterocycles. The monoisotopic (exact) mass is 393 g/mol. The van der Waals surface area contributed by atoms with Crippen molar-refractivity contribution >= 4 is 23.5 Å². The minimum Gasteiger partial charge on any atom is -0.496 e. The molecule has 1 aliphatic rings. The van der Waals surface area contributed by atoms with E-state index in [9.17, 15) is 0 Å². The fraction of sp³-hybridized carbons (Fsp3) is 0.600. The molecule has 0 saturated heterocycles. The fourth-order valence-corrected chi connectivity index (χ4v) is 4.21. The van der Waals surface area contributed by atoms with Gasteiger partial charge < -0.3 is 19.5 Å². The molecule has 7 heteroatoms. The normalized spacial score (nSPS) is 21.6. The highest BCUT2D eigenvalue weighted by atomic mass is 32.1. The molecule has 0 bridgehead atoms. The van der Waals surface area contributed by atoms with Gasteiger partial charge in [-0.15, -0.1) is 0 Å². The van der Waals surface area contributed by atoms with Crippen LogP contribution in [0.4, 0.5) is 0 Å². The number of benzene rings is 1. The zero-order valence-electron chi connectivity index (χ0n) is 17.1. The number of rotatable bonds is 6. The van der Waals surface area contributed by atoms with E-state index in [0.717, 1.165) is 18.4 Å². The highest BCUT2D eigenvalue weighted by Crippen LogP contribution is 2.38. The van der Waals surface area contributed by atoms with Crippen LogP contribution in [0.3, 0.4) is 0 Å². The second kappa shape index (κ2) is 9.26. The van der Waals surface area contributed by atoms with Gasteiger partial charge in [-0.2, -0.15) is 5.10 Å². The van der Waals surface area contributed by atoms with Gasteiger partial charge in [-0.3, -0.25) is 5.43 Å². The van der Waals surface area contributed by atoms with Gasteiger partial charge in [0.05, 0.1) is 27.5 Å². The zero-order chi connectivity index (χ0) is 20.0. The van der Waals surface area contributed by atoms with Crippen molar-refractivity contribution in [1.29, 1.82) is 0 Å². The fourth-order valence-electron chi connectivity index (χ4n) is 3.99. The first-order valence-corrected chi connectivity index (χ1v) is 9.58. The molecule has 0 amide bonds. The lowest BCUT2D eigenvalue weighted by molar-refractivity contribution is 0.161. The molecular weight excluding hydrogens is 362 g/mol. The predicted molar refractivity (Wildman–Crippen MR) is 113 cm³/mol. The quantitative estimate of drug-likeness (QED) is 0.436. The van der Waals surface area contributed by atoms with Gasteiger partial charge in [0.2, 0.25) is 0 Å². The summed E-state index contributed by atoms with van der Waals surface area (Å²) in [5, 5.41) is 8.17. The van der Waals surface area contributed by atoms with Crippen LogP contribution in [0.1, 0.15) is 45.6 Å². The number of hydrogen-bond acceptors (Lipinski definition) is 5. The Morgan fingerprint density at radius 3 is 2.33 bits per heavy atom. The minimum atomic E-state index is 0.335. The summed E-state index contributed by atoms with van der Waals surface area (Å²) >= 11 is 5.40. The van der Waals surface area contributed by atoms with Crippen molar-refractivity contribution in [2.45, 2.75) is 46.1 Å². The van der Waals surface area contributed by atoms with Crippen LogP contribution in [0.25, 0.3) is 0 Å². The summed E-state index contributed by atoms with van der Waals surface area (Å²) in [6.45, 7) is 6.93. The molecule has 0 aliphatic heterocycles. The van der Waals surface area contributed by atoms with E-state index in [-0.39, 0.29) is 0 Å². The van der Waals surface area contributed by atoms with Crippen molar-refractivity contribution < 1.29 is 14.2 Å². The van der Waals surface area contributed by atoms with Crippen LogP contribution in [-0.2, 0) is 0 Å². The lowest BCUT2D eigenvalue weighted by Crippen LogP contribution is -2.45. The maximum Gasteiger partial charge on any atom is 0.187 e. The Hall–Kier alpha value is -2.02. The Bertz CT molecular complexity index is 691. The van der Waals surface area contributed by atoms with E-state index in [1.807, 2.05) is 6.07 Å². The molecule has 1 aliphatic carbocycles. The molecule has 2 atom stereocenters. The van der Waals surface area contributed by atoms with Gasteiger partial charge in [0.1, 0.15) is 5.75 Å². The van der Waals surface area contributed by atoms with Gasteiger partial charge in [-0.05, 0) is 48.9 Å². The van der Waals surface area contributed by atoms with Crippen molar-refractivity contribution in [3.05, 3.63) is 17.7 Å². The van der Waals surface area contributed by atoms with E-state index in [1.54, 1.807) is 33.6 Å². The summed E-state index contributed by atoms with van der Waals surface area (Å²) in [5.74, 6) is 2.54. The van der Waals surface area contributed by atoms with Crippen LogP contribution < -0.4 is 25.0 Å². The lowest BCUT2D eigenvalue weighted by atomic mass is 9.71. The molecule has 150 valence electrons. The molecular formula is C20H31N3O3S. The number of methoxy groups -OCH3 is 3. The van der Waals surface area contributed by atoms with Crippen molar-refractivity contribution in [3.63, 3.8) is 0 Å². The second-order valence-electron chi connectivity index (χ2n) is 7.90. The van der Waals surface area contributed by atoms with E-state index < -0.39 is 0 Å². The summed E-state index contributed by atoms with van der Waals surface area (Å²) in [6.07, 6.45) is 5.13. The molecule has 1 aromatic rings. The van der Waals surface area contributed by atoms with Crippen LogP contribution in [-0.4, -0.2) is 38.7 Å². The molecule has 1 saturated carbocycles. The summed E-state index contributed by atoms with van der Waals surface area (Å²) in [7, 11) is 4.78. The van der Waals surface area contributed by atoms with Crippen LogP contribution >= 0.6 is 12.2 Å². The average molecular weight is 394 g/mol. The largest absolute Gasteiger partial charge is 0.496 e. The van der Waals surface area contributed by atoms with Gasteiger partial charge in [-0.25, -0.2) is 0 Å². The highest BCUT2D eigenvalue weighted by Gasteiger charge is 2.32. The zero-order valence-corrected chi connectivity index (χ0v) is 17.9. The molecule has 2 rings (SSSR count). The van der Waals surface area contributed by atoms with E-state index >= 15 is 0 Å². The molecule has 0 spiro atoms. The van der Waals surface area contributed by atoms with Crippen LogP contribution in [0.15, 0.2) is 17.2 Å². The third kappa shape index (κ3) is 5.99. The van der Waals surface area contributed by atoms with Gasteiger partial charge in [-0.1, -0.05) is 20.8 Å². The lowest BCUT2D eigenvalue weighted by Gasteiger charge is -2.39. The molecule has 6 nitrogen and oxygen atoms in total. The standard InChI is InChI=1S/C20H31N3O3S/c1-13-7-15(11-20(2,3)10-13)22-19(27)23-21-12-14-8-17(25-5)18(26-6)9-16(14)24-4/h8-9,12-13,15H,7,10-11H2,1-6H3,(H2,22,23,27)/b21-12+. The summed E-state index contributed by atoms with van der Waals surface area (Å²) in [4.78, 5) is 0. The van der Waals surface area contributed by atoms with E-state index in [1.165, 1.54) is 6.42 Å². The first-order chi connectivity index (χ1) is 12.8. The van der Waals surface area contributed by atoms with Crippen molar-refractivity contribution in [3.8, 4) is 17.2 Å². The molecule has 2 N–H and O–H groups in total. The van der Waals surface area contributed by atoms with Crippen molar-refractivity contribution in [1.82, 2.24) is 10.7 Å². The molecule has 0 aromatic heterocycles. The van der Waals surface area contributed by atoms with Crippen LogP contribution in [0.2, 0.25) is 0 Å². The number of thiocarbonyl (C=S) groups is 1. The first kappa shape index (κ1) is 21.3. The topological polar surface area (TPSA) is 64.1 Å². The molecule has 0 radical (unpaired) electrons. The molecule has 1 fully saturated rings. The Morgan fingerprint density at radius 2 is 1.74 bits per heavy atom. The van der Waals surface area contributed by atoms with Crippen molar-refractivity contribution in [2.24, 2.45) is 16.4 Å². The van der Waals surface area contributed by atoms with Gasteiger partial charge in [0, 0.05) is 17.7 Å². The smallest absolute Gasteiger partial charge is 0.187 e. The van der Waals surface area contributed by atoms with E-state index in [0.29, 0.717) is 39.7 Å². The molecule has 2 unspecified atom stereocenters. The number of hydrogen-bond donors (Lipinski definition) is 2. The molecule has 1 aromatic carbocycles. The first-order valence-electron chi connectivity index (χ1n) is 9.17. The number of nitrogens with one attached hydrogen (secondary N) is 2. The van der Waals surface area contributed by atoms with E-state index in [2.05, 4.69) is 36.6 Å². The number of hydrazone groups is 1. The van der Waals surface area contributed by atoms with Crippen molar-refractivity contribution in [2.75, 3.05) is 21.3 Å². The third-order valence-electron chi connectivity index (χ3n) is 4.83. The Balaban J connectivity index is 1.99. The highest BCUT2D eigenvalue weighted by molar-refractivity contribution is 7.80. The average Bonchev–Trinajstić information content (AvgIpc) is 2.59. The van der Waals surface area contributed by atoms with Crippen LogP contribution in [0.5, 0.6) is 17.2 Å². The van der Waals surface area contributed by atoms with Gasteiger partial charge >= 0.3 is 0 Å². The Morgan fingerprint density at radius 1 is 1.11 bits per heavy atom. The predicted octanol–water partition coefficient (Wildman–Crippen LogP) is 3.73. The maximum atomic E-state index is 5.40. The number of ether oxygens (including phenoxy) is 3. The second-order valence-corrected chi connectivity index (χ2v) is 8.31. The maximum absolute atomic E-state index is 5.40. The minimum absolute atomic E-state index is 0.335. The summed E-state index contributed by atoms with van der Waals surface area (Å²) in [5.41, 5.74) is 4.00. The van der Waals surface area contributed by atoms with Crippen LogP contribution in [0, 0.1) is 11.3 Å². The number of nitrogens with zero attached hydrogens (tertiary/aromatic N) is 1. The molecule has 27 heavy (non-hydrogen) atoms. The van der Waals surface area contributed by atoms with Gasteiger partial charge in [0.15, 0.2) is 16.6 Å².